The lowest BCUT2D eigenvalue weighted by Gasteiger charge is -2.39. The molecule has 1 aliphatic carbocycles. The average Bonchev–Trinajstić information content (AvgIpc) is 3.66. The third-order valence-corrected chi connectivity index (χ3v) is 11.2. The van der Waals surface area contributed by atoms with Crippen LogP contribution >= 0.6 is 11.8 Å². The lowest BCUT2D eigenvalue weighted by atomic mass is 9.67. The van der Waals surface area contributed by atoms with E-state index in [2.05, 4.69) is 156 Å². The number of nitrogens with zero attached hydrogens (tertiary/aromatic N) is 2. The van der Waals surface area contributed by atoms with Gasteiger partial charge in [-0.3, -0.25) is 4.57 Å². The van der Waals surface area contributed by atoms with Crippen LogP contribution in [-0.4, -0.2) is 9.55 Å². The minimum Gasteiger partial charge on any atom is -0.399 e. The van der Waals surface area contributed by atoms with E-state index in [0.29, 0.717) is 0 Å². The Labute approximate surface area is 283 Å². The van der Waals surface area contributed by atoms with Crippen molar-refractivity contribution in [2.24, 2.45) is 0 Å². The number of nitrogen functional groups attached to an aromatic ring is 1. The number of hydrogen-bond acceptors (Lipinski definition) is 3. The maximum atomic E-state index is 6.22. The van der Waals surface area contributed by atoms with E-state index in [1.165, 1.54) is 43.2 Å². The summed E-state index contributed by atoms with van der Waals surface area (Å²) in [6.45, 7) is 0. The van der Waals surface area contributed by atoms with Crippen molar-refractivity contribution in [2.45, 2.75) is 15.2 Å². The summed E-state index contributed by atoms with van der Waals surface area (Å²) < 4.78 is 2.31. The molecule has 0 atom stereocenters. The van der Waals surface area contributed by atoms with Crippen molar-refractivity contribution >= 4 is 28.5 Å². The van der Waals surface area contributed by atoms with Crippen LogP contribution in [0.1, 0.15) is 22.3 Å². The number of nitrogens with two attached hydrogens (primary N) is 1. The largest absolute Gasteiger partial charge is 0.399 e. The number of fused-ring (bicyclic) bond motifs is 10. The highest BCUT2D eigenvalue weighted by molar-refractivity contribution is 7.99. The van der Waals surface area contributed by atoms with Crippen LogP contribution in [0.2, 0.25) is 0 Å². The molecule has 1 aromatic heterocycles. The third-order valence-electron chi connectivity index (χ3n) is 10.0. The van der Waals surface area contributed by atoms with Crippen LogP contribution in [-0.2, 0) is 5.41 Å². The Morgan fingerprint density at radius 3 is 1.88 bits per heavy atom. The van der Waals surface area contributed by atoms with Gasteiger partial charge in [0.2, 0.25) is 0 Å². The Kier molecular flexibility index (Phi) is 5.87. The van der Waals surface area contributed by atoms with E-state index in [1.807, 2.05) is 23.9 Å². The lowest BCUT2D eigenvalue weighted by molar-refractivity contribution is 0.722. The van der Waals surface area contributed by atoms with E-state index in [1.54, 1.807) is 0 Å². The van der Waals surface area contributed by atoms with Crippen LogP contribution in [0.5, 0.6) is 0 Å². The molecule has 3 nitrogen and oxygen atoms in total. The van der Waals surface area contributed by atoms with Crippen molar-refractivity contribution in [3.8, 4) is 39.3 Å². The number of hydrogen-bond donors (Lipinski definition) is 1. The molecule has 0 fully saturated rings. The SMILES string of the molecule is Nc1ccc(-c2cc3c(cc2-c2nc4ccccc4n2-c2ccccc2)C2(c4ccccc4Sc4ccccc42)c2ccccc2-3)cc1. The van der Waals surface area contributed by atoms with Crippen LogP contribution in [0.15, 0.2) is 174 Å². The maximum Gasteiger partial charge on any atom is 0.146 e. The predicted molar refractivity (Wildman–Crippen MR) is 198 cm³/mol. The summed E-state index contributed by atoms with van der Waals surface area (Å²) in [5.41, 5.74) is 20.7. The molecule has 7 aromatic carbocycles. The highest BCUT2D eigenvalue weighted by Crippen LogP contribution is 2.63. The fraction of sp³-hybridized carbons (Fsp3) is 0.0227. The highest BCUT2D eigenvalue weighted by Gasteiger charge is 2.50. The summed E-state index contributed by atoms with van der Waals surface area (Å²) in [5, 5.41) is 0. The van der Waals surface area contributed by atoms with Gasteiger partial charge in [0.05, 0.1) is 16.4 Å². The minimum absolute atomic E-state index is 0.484. The van der Waals surface area contributed by atoms with Crippen LogP contribution in [0.25, 0.3) is 50.4 Å². The fourth-order valence-corrected chi connectivity index (χ4v) is 9.22. The highest BCUT2D eigenvalue weighted by atomic mass is 32.2. The molecule has 1 spiro atoms. The topological polar surface area (TPSA) is 43.8 Å². The van der Waals surface area contributed by atoms with Crippen molar-refractivity contribution in [1.29, 1.82) is 0 Å². The quantitative estimate of drug-likeness (QED) is 0.197. The molecule has 2 aliphatic rings. The first-order valence-corrected chi connectivity index (χ1v) is 17.1. The minimum atomic E-state index is -0.484. The van der Waals surface area contributed by atoms with Crippen molar-refractivity contribution in [3.63, 3.8) is 0 Å². The second-order valence-electron chi connectivity index (χ2n) is 12.6. The molecule has 4 heteroatoms. The molecule has 1 aliphatic heterocycles. The van der Waals surface area contributed by atoms with Crippen LogP contribution in [0.3, 0.4) is 0 Å². The van der Waals surface area contributed by atoms with Gasteiger partial charge in [0.1, 0.15) is 5.82 Å². The maximum absolute atomic E-state index is 6.22. The summed E-state index contributed by atoms with van der Waals surface area (Å²) in [7, 11) is 0. The van der Waals surface area contributed by atoms with Gasteiger partial charge in [-0.05, 0) is 105 Å². The van der Waals surface area contributed by atoms with Gasteiger partial charge in [0.15, 0.2) is 0 Å². The van der Waals surface area contributed by atoms with Gasteiger partial charge >= 0.3 is 0 Å². The Balaban J connectivity index is 1.38. The van der Waals surface area contributed by atoms with Crippen molar-refractivity contribution in [1.82, 2.24) is 9.55 Å². The van der Waals surface area contributed by atoms with Gasteiger partial charge in [-0.2, -0.15) is 0 Å². The molecule has 0 amide bonds. The lowest BCUT2D eigenvalue weighted by Crippen LogP contribution is -2.32. The number of anilines is 1. The zero-order chi connectivity index (χ0) is 31.8. The molecule has 48 heavy (non-hydrogen) atoms. The fourth-order valence-electron chi connectivity index (χ4n) is 8.03. The summed E-state index contributed by atoms with van der Waals surface area (Å²) in [4.78, 5) is 7.98. The van der Waals surface area contributed by atoms with E-state index < -0.39 is 5.41 Å². The average molecular weight is 632 g/mol. The van der Waals surface area contributed by atoms with Crippen molar-refractivity contribution in [2.75, 3.05) is 5.73 Å². The second kappa shape index (κ2) is 10.3. The summed E-state index contributed by atoms with van der Waals surface area (Å²) in [5.74, 6) is 0.912. The molecular formula is C44H29N3S. The van der Waals surface area contributed by atoms with Crippen LogP contribution < -0.4 is 5.73 Å². The smallest absolute Gasteiger partial charge is 0.146 e. The first kappa shape index (κ1) is 27.3. The van der Waals surface area contributed by atoms with Crippen LogP contribution in [0.4, 0.5) is 5.69 Å². The van der Waals surface area contributed by atoms with Gasteiger partial charge < -0.3 is 5.73 Å². The number of imidazole rings is 1. The van der Waals surface area contributed by atoms with Gasteiger partial charge in [0, 0.05) is 26.7 Å². The summed E-state index contributed by atoms with van der Waals surface area (Å²) in [6.07, 6.45) is 0. The van der Waals surface area contributed by atoms with E-state index in [4.69, 9.17) is 10.7 Å². The Morgan fingerprint density at radius 2 is 1.12 bits per heavy atom. The number of benzene rings is 7. The van der Waals surface area contributed by atoms with Gasteiger partial charge in [-0.1, -0.05) is 115 Å². The normalized spacial score (nSPS) is 13.6. The van der Waals surface area contributed by atoms with E-state index in [0.717, 1.165) is 44.9 Å². The molecule has 10 rings (SSSR count). The predicted octanol–water partition coefficient (Wildman–Crippen LogP) is 10.8. The van der Waals surface area contributed by atoms with Crippen LogP contribution in [0, 0.1) is 0 Å². The zero-order valence-electron chi connectivity index (χ0n) is 26.0. The molecule has 226 valence electrons. The summed E-state index contributed by atoms with van der Waals surface area (Å²) in [6, 6.07) is 59.0. The molecule has 2 heterocycles. The number of para-hydroxylation sites is 3. The summed E-state index contributed by atoms with van der Waals surface area (Å²) >= 11 is 1.87. The monoisotopic (exact) mass is 631 g/mol. The number of rotatable bonds is 3. The van der Waals surface area contributed by atoms with E-state index in [9.17, 15) is 0 Å². The van der Waals surface area contributed by atoms with Gasteiger partial charge in [-0.25, -0.2) is 4.98 Å². The first-order valence-electron chi connectivity index (χ1n) is 16.3. The molecule has 0 unspecified atom stereocenters. The van der Waals surface area contributed by atoms with Gasteiger partial charge in [0.25, 0.3) is 0 Å². The third kappa shape index (κ3) is 3.75. The molecule has 0 saturated heterocycles. The molecule has 0 radical (unpaired) electrons. The van der Waals surface area contributed by atoms with Gasteiger partial charge in [-0.15, -0.1) is 0 Å². The molecular weight excluding hydrogens is 603 g/mol. The second-order valence-corrected chi connectivity index (χ2v) is 13.6. The molecule has 0 saturated carbocycles. The molecule has 2 N–H and O–H groups in total. The molecule has 0 bridgehead atoms. The van der Waals surface area contributed by atoms with E-state index in [-0.39, 0.29) is 0 Å². The van der Waals surface area contributed by atoms with Crippen molar-refractivity contribution in [3.05, 3.63) is 186 Å². The Bertz CT molecular complexity index is 2500. The molecule has 8 aromatic rings. The Morgan fingerprint density at radius 1 is 0.500 bits per heavy atom. The first-order chi connectivity index (χ1) is 23.7. The van der Waals surface area contributed by atoms with Crippen molar-refractivity contribution < 1.29 is 0 Å². The number of aromatic nitrogens is 2. The zero-order valence-corrected chi connectivity index (χ0v) is 26.8. The van der Waals surface area contributed by atoms with E-state index >= 15 is 0 Å². The Hall–Kier alpha value is -5.84. The standard InChI is InChI=1S/C44H29N3S/c45-29-24-22-28(23-25-29)32-26-33-31-14-4-5-15-35(31)44(36-16-6-10-20-41(36)48-42-21-11-7-17-37(42)44)38(33)27-34(32)43-46-39-18-8-9-19-40(39)47(43)30-12-2-1-3-13-30/h1-27H,45H2.